The van der Waals surface area contributed by atoms with Crippen molar-refractivity contribution in [2.75, 3.05) is 18.1 Å². The molecule has 0 aliphatic carbocycles. The lowest BCUT2D eigenvalue weighted by Gasteiger charge is -2.06. The van der Waals surface area contributed by atoms with E-state index < -0.39 is 0 Å². The number of fused-ring (bicyclic) bond motifs is 1. The minimum absolute atomic E-state index is 0.0191. The predicted octanol–water partition coefficient (Wildman–Crippen LogP) is 2.11. The van der Waals surface area contributed by atoms with Gasteiger partial charge in [-0.05, 0) is 35.8 Å². The first kappa shape index (κ1) is 16.0. The van der Waals surface area contributed by atoms with E-state index in [2.05, 4.69) is 17.3 Å². The van der Waals surface area contributed by atoms with Crippen LogP contribution in [0.25, 0.3) is 10.1 Å². The standard InChI is InChI=1S/C14H19N3O2S2/c1-2-6-20-7-3-5-15-12(18)10-17-14(19)13-11(9-16-17)4-8-21-13/h4,8-9H,2-3,5-7,10H2,1H3,(H,15,18). The normalized spacial score (nSPS) is 10.9. The molecule has 21 heavy (non-hydrogen) atoms. The molecule has 0 bridgehead atoms. The Kier molecular flexibility index (Phi) is 6.25. The minimum atomic E-state index is -0.198. The molecule has 5 nitrogen and oxygen atoms in total. The topological polar surface area (TPSA) is 64.0 Å². The van der Waals surface area contributed by atoms with Crippen molar-refractivity contribution in [3.05, 3.63) is 28.0 Å². The van der Waals surface area contributed by atoms with Gasteiger partial charge in [-0.1, -0.05) is 6.92 Å². The zero-order valence-corrected chi connectivity index (χ0v) is 13.6. The van der Waals surface area contributed by atoms with Crippen molar-refractivity contribution in [2.45, 2.75) is 26.3 Å². The van der Waals surface area contributed by atoms with E-state index in [1.54, 1.807) is 6.20 Å². The van der Waals surface area contributed by atoms with Crippen LogP contribution in [-0.4, -0.2) is 33.7 Å². The molecule has 0 unspecified atom stereocenters. The number of thioether (sulfide) groups is 1. The Morgan fingerprint density at radius 3 is 3.14 bits per heavy atom. The predicted molar refractivity (Wildman–Crippen MR) is 89.1 cm³/mol. The number of nitrogens with zero attached hydrogens (tertiary/aromatic N) is 2. The first-order valence-electron chi connectivity index (χ1n) is 7.00. The summed E-state index contributed by atoms with van der Waals surface area (Å²) in [5.74, 6) is 2.04. The van der Waals surface area contributed by atoms with Crippen LogP contribution in [0.3, 0.4) is 0 Å². The minimum Gasteiger partial charge on any atom is -0.354 e. The number of thiophene rings is 1. The molecular weight excluding hydrogens is 306 g/mol. The number of aromatic nitrogens is 2. The molecular formula is C14H19N3O2S2. The highest BCUT2D eigenvalue weighted by molar-refractivity contribution is 7.99. The molecule has 0 aliphatic heterocycles. The van der Waals surface area contributed by atoms with Crippen molar-refractivity contribution < 1.29 is 4.79 Å². The van der Waals surface area contributed by atoms with Crippen LogP contribution in [0.2, 0.25) is 0 Å². The summed E-state index contributed by atoms with van der Waals surface area (Å²) in [6.45, 7) is 2.78. The van der Waals surface area contributed by atoms with Crippen LogP contribution in [0.4, 0.5) is 0 Å². The summed E-state index contributed by atoms with van der Waals surface area (Å²) in [6.07, 6.45) is 3.75. The number of rotatable bonds is 8. The average Bonchev–Trinajstić information content (AvgIpc) is 2.95. The summed E-state index contributed by atoms with van der Waals surface area (Å²) in [5, 5.41) is 9.54. The van der Waals surface area contributed by atoms with Gasteiger partial charge >= 0.3 is 0 Å². The molecule has 2 aromatic rings. The molecule has 7 heteroatoms. The second-order valence-corrected chi connectivity index (χ2v) is 6.77. The Balaban J connectivity index is 1.81. The number of amides is 1. The van der Waals surface area contributed by atoms with Gasteiger partial charge < -0.3 is 5.32 Å². The Hall–Kier alpha value is -1.34. The van der Waals surface area contributed by atoms with Crippen LogP contribution in [0.1, 0.15) is 19.8 Å². The van der Waals surface area contributed by atoms with Gasteiger partial charge in [-0.15, -0.1) is 11.3 Å². The van der Waals surface area contributed by atoms with Gasteiger partial charge in [0.2, 0.25) is 5.91 Å². The number of nitrogens with one attached hydrogen (secondary N) is 1. The van der Waals surface area contributed by atoms with Gasteiger partial charge in [0.25, 0.3) is 5.56 Å². The fourth-order valence-electron chi connectivity index (χ4n) is 1.85. The smallest absolute Gasteiger partial charge is 0.285 e. The molecule has 0 aromatic carbocycles. The van der Waals surface area contributed by atoms with Crippen LogP contribution in [0, 0.1) is 0 Å². The van der Waals surface area contributed by atoms with Gasteiger partial charge in [-0.25, -0.2) is 4.68 Å². The zero-order chi connectivity index (χ0) is 15.1. The maximum Gasteiger partial charge on any atom is 0.285 e. The van der Waals surface area contributed by atoms with E-state index in [4.69, 9.17) is 0 Å². The fourth-order valence-corrected chi connectivity index (χ4v) is 3.50. The third-order valence-electron chi connectivity index (χ3n) is 2.89. The Bertz CT molecular complexity index is 651. The molecule has 0 fully saturated rings. The molecule has 0 atom stereocenters. The number of carbonyl (C=O) groups excluding carboxylic acids is 1. The molecule has 2 aromatic heterocycles. The van der Waals surface area contributed by atoms with Crippen molar-refractivity contribution in [1.82, 2.24) is 15.1 Å². The third kappa shape index (κ3) is 4.57. The summed E-state index contributed by atoms with van der Waals surface area (Å²) in [4.78, 5) is 23.9. The van der Waals surface area contributed by atoms with E-state index in [0.29, 0.717) is 11.2 Å². The van der Waals surface area contributed by atoms with Crippen molar-refractivity contribution in [3.8, 4) is 0 Å². The number of carbonyl (C=O) groups is 1. The molecule has 114 valence electrons. The summed E-state index contributed by atoms with van der Waals surface area (Å²) >= 11 is 3.27. The SMILES string of the molecule is CCCSCCCNC(=O)Cn1ncc2ccsc2c1=O. The Labute approximate surface area is 131 Å². The lowest BCUT2D eigenvalue weighted by atomic mass is 10.4. The molecule has 0 aliphatic rings. The quantitative estimate of drug-likeness (QED) is 0.755. The molecule has 1 N–H and O–H groups in total. The Morgan fingerprint density at radius 2 is 2.33 bits per heavy atom. The second kappa shape index (κ2) is 8.19. The number of hydrogen-bond acceptors (Lipinski definition) is 5. The van der Waals surface area contributed by atoms with Crippen LogP contribution in [0.15, 0.2) is 22.4 Å². The molecule has 0 saturated carbocycles. The average molecular weight is 325 g/mol. The van der Waals surface area contributed by atoms with Gasteiger partial charge in [0.1, 0.15) is 11.2 Å². The first-order valence-corrected chi connectivity index (χ1v) is 9.03. The van der Waals surface area contributed by atoms with Crippen molar-refractivity contribution in [1.29, 1.82) is 0 Å². The lowest BCUT2D eigenvalue weighted by Crippen LogP contribution is -2.34. The summed E-state index contributed by atoms with van der Waals surface area (Å²) in [6, 6.07) is 1.85. The van der Waals surface area contributed by atoms with E-state index in [1.165, 1.54) is 22.4 Å². The van der Waals surface area contributed by atoms with Gasteiger partial charge in [0, 0.05) is 11.9 Å². The van der Waals surface area contributed by atoms with Crippen LogP contribution < -0.4 is 10.9 Å². The molecule has 2 rings (SSSR count). The maximum absolute atomic E-state index is 12.1. The van der Waals surface area contributed by atoms with Crippen LogP contribution >= 0.6 is 23.1 Å². The van der Waals surface area contributed by atoms with Gasteiger partial charge in [0.15, 0.2) is 0 Å². The highest BCUT2D eigenvalue weighted by Crippen LogP contribution is 2.14. The van der Waals surface area contributed by atoms with E-state index in [-0.39, 0.29) is 18.0 Å². The van der Waals surface area contributed by atoms with Crippen molar-refractivity contribution in [3.63, 3.8) is 0 Å². The van der Waals surface area contributed by atoms with Gasteiger partial charge in [0.05, 0.1) is 6.20 Å². The summed E-state index contributed by atoms with van der Waals surface area (Å²) < 4.78 is 1.87. The summed E-state index contributed by atoms with van der Waals surface area (Å²) in [5.41, 5.74) is -0.198. The zero-order valence-electron chi connectivity index (χ0n) is 12.0. The van der Waals surface area contributed by atoms with E-state index in [9.17, 15) is 9.59 Å². The second-order valence-electron chi connectivity index (χ2n) is 4.63. The van der Waals surface area contributed by atoms with Gasteiger partial charge in [-0.2, -0.15) is 16.9 Å². The third-order valence-corrected chi connectivity index (χ3v) is 5.08. The van der Waals surface area contributed by atoms with Crippen LogP contribution in [0.5, 0.6) is 0 Å². The monoisotopic (exact) mass is 325 g/mol. The van der Waals surface area contributed by atoms with Crippen molar-refractivity contribution >= 4 is 39.1 Å². The molecule has 0 saturated heterocycles. The molecule has 1 amide bonds. The number of hydrogen-bond donors (Lipinski definition) is 1. The highest BCUT2D eigenvalue weighted by Gasteiger charge is 2.08. The van der Waals surface area contributed by atoms with Crippen LogP contribution in [-0.2, 0) is 11.3 Å². The summed E-state index contributed by atoms with van der Waals surface area (Å²) in [7, 11) is 0. The fraction of sp³-hybridized carbons (Fsp3) is 0.500. The lowest BCUT2D eigenvalue weighted by molar-refractivity contribution is -0.121. The maximum atomic E-state index is 12.1. The van der Waals surface area contributed by atoms with Gasteiger partial charge in [-0.3, -0.25) is 9.59 Å². The van der Waals surface area contributed by atoms with E-state index >= 15 is 0 Å². The van der Waals surface area contributed by atoms with Crippen molar-refractivity contribution in [2.24, 2.45) is 0 Å². The van der Waals surface area contributed by atoms with E-state index in [0.717, 1.165) is 23.3 Å². The first-order chi connectivity index (χ1) is 10.2. The Morgan fingerprint density at radius 1 is 1.48 bits per heavy atom. The van der Waals surface area contributed by atoms with E-state index in [1.807, 2.05) is 23.2 Å². The molecule has 2 heterocycles. The molecule has 0 radical (unpaired) electrons. The highest BCUT2D eigenvalue weighted by atomic mass is 32.2. The molecule has 0 spiro atoms. The largest absolute Gasteiger partial charge is 0.354 e.